The highest BCUT2D eigenvalue weighted by Gasteiger charge is 2.13. The Bertz CT molecular complexity index is 557. The van der Waals surface area contributed by atoms with Gasteiger partial charge in [0.2, 0.25) is 0 Å². The van der Waals surface area contributed by atoms with Gasteiger partial charge < -0.3 is 0 Å². The van der Waals surface area contributed by atoms with Crippen molar-refractivity contribution in [2.24, 2.45) is 0 Å². The zero-order chi connectivity index (χ0) is 13.1. The Morgan fingerprint density at radius 1 is 1.17 bits per heavy atom. The topological polar surface area (TPSA) is 0 Å². The minimum Gasteiger partial charge on any atom is -0.207 e. The van der Waals surface area contributed by atoms with Crippen LogP contribution in [0.2, 0.25) is 5.02 Å². The molecule has 0 fully saturated rings. The van der Waals surface area contributed by atoms with Gasteiger partial charge in [-0.25, -0.2) is 4.39 Å². The molecule has 0 nitrogen and oxygen atoms in total. The summed E-state index contributed by atoms with van der Waals surface area (Å²) < 4.78 is 14.0. The Labute approximate surface area is 124 Å². The molecule has 2 aromatic carbocycles. The van der Waals surface area contributed by atoms with Gasteiger partial charge in [0.05, 0.1) is 5.38 Å². The average Bonchev–Trinajstić information content (AvgIpc) is 2.28. The fourth-order valence-corrected chi connectivity index (χ4v) is 2.97. The van der Waals surface area contributed by atoms with Crippen LogP contribution in [0.25, 0.3) is 0 Å². The lowest BCUT2D eigenvalue weighted by molar-refractivity contribution is 0.625. The van der Waals surface area contributed by atoms with Crippen molar-refractivity contribution in [1.29, 1.82) is 0 Å². The first kappa shape index (κ1) is 13.9. The Kier molecular flexibility index (Phi) is 4.66. The van der Waals surface area contributed by atoms with Crippen molar-refractivity contribution in [2.45, 2.75) is 11.8 Å². The lowest BCUT2D eigenvalue weighted by atomic mass is 10.0. The quantitative estimate of drug-likeness (QED) is 0.619. The van der Waals surface area contributed by atoms with Crippen molar-refractivity contribution in [3.05, 3.63) is 68.9 Å². The van der Waals surface area contributed by atoms with E-state index < -0.39 is 0 Å². The first-order valence-electron chi connectivity index (χ1n) is 5.40. The molecular weight excluding hydrogens is 338 g/mol. The van der Waals surface area contributed by atoms with E-state index in [-0.39, 0.29) is 11.2 Å². The van der Waals surface area contributed by atoms with Gasteiger partial charge in [-0.15, -0.1) is 11.6 Å². The summed E-state index contributed by atoms with van der Waals surface area (Å²) in [5.41, 5.74) is 1.71. The van der Waals surface area contributed by atoms with Gasteiger partial charge in [-0.1, -0.05) is 45.7 Å². The summed E-state index contributed by atoms with van der Waals surface area (Å²) in [5, 5.41) is 0.341. The molecule has 0 N–H and O–H groups in total. The van der Waals surface area contributed by atoms with Crippen LogP contribution in [0.1, 0.15) is 16.5 Å². The molecule has 0 saturated heterocycles. The summed E-state index contributed by atoms with van der Waals surface area (Å²) in [4.78, 5) is 0. The standard InChI is InChI=1S/C14H10BrCl2F/c15-10-4-5-12(14(17)8-10)13(16)7-9-2-1-3-11(18)6-9/h1-6,8,13H,7H2. The van der Waals surface area contributed by atoms with E-state index >= 15 is 0 Å². The van der Waals surface area contributed by atoms with E-state index in [4.69, 9.17) is 23.2 Å². The summed E-state index contributed by atoms with van der Waals surface area (Å²) in [5.74, 6) is -0.252. The highest BCUT2D eigenvalue weighted by atomic mass is 79.9. The van der Waals surface area contributed by atoms with Crippen LogP contribution in [-0.2, 0) is 6.42 Å². The predicted molar refractivity (Wildman–Crippen MR) is 77.9 cm³/mol. The maximum Gasteiger partial charge on any atom is 0.123 e. The molecule has 0 radical (unpaired) electrons. The molecule has 4 heteroatoms. The summed E-state index contributed by atoms with van der Waals surface area (Å²) in [7, 11) is 0. The van der Waals surface area contributed by atoms with Crippen molar-refractivity contribution in [1.82, 2.24) is 0 Å². The van der Waals surface area contributed by atoms with Gasteiger partial charge in [0.1, 0.15) is 5.82 Å². The van der Waals surface area contributed by atoms with E-state index in [9.17, 15) is 4.39 Å². The molecule has 94 valence electrons. The van der Waals surface area contributed by atoms with Gasteiger partial charge in [0, 0.05) is 9.50 Å². The van der Waals surface area contributed by atoms with E-state index in [1.165, 1.54) is 12.1 Å². The Balaban J connectivity index is 2.19. The van der Waals surface area contributed by atoms with E-state index in [0.717, 1.165) is 15.6 Å². The number of halogens is 4. The molecule has 0 aromatic heterocycles. The van der Waals surface area contributed by atoms with Gasteiger partial charge in [-0.3, -0.25) is 0 Å². The monoisotopic (exact) mass is 346 g/mol. The Morgan fingerprint density at radius 2 is 1.94 bits per heavy atom. The van der Waals surface area contributed by atoms with Crippen molar-refractivity contribution in [3.63, 3.8) is 0 Å². The molecule has 18 heavy (non-hydrogen) atoms. The largest absolute Gasteiger partial charge is 0.207 e. The molecule has 0 spiro atoms. The number of hydrogen-bond donors (Lipinski definition) is 0. The average molecular weight is 348 g/mol. The van der Waals surface area contributed by atoms with Crippen LogP contribution in [0.3, 0.4) is 0 Å². The summed E-state index contributed by atoms with van der Waals surface area (Å²) >= 11 is 15.8. The second-order valence-electron chi connectivity index (χ2n) is 3.97. The van der Waals surface area contributed by atoms with Crippen LogP contribution in [0.5, 0.6) is 0 Å². The van der Waals surface area contributed by atoms with Gasteiger partial charge >= 0.3 is 0 Å². The fraction of sp³-hybridized carbons (Fsp3) is 0.143. The second kappa shape index (κ2) is 6.05. The highest BCUT2D eigenvalue weighted by molar-refractivity contribution is 9.10. The number of benzene rings is 2. The van der Waals surface area contributed by atoms with Crippen molar-refractivity contribution in [3.8, 4) is 0 Å². The fourth-order valence-electron chi connectivity index (χ4n) is 1.74. The molecule has 2 aromatic rings. The van der Waals surface area contributed by atoms with Crippen LogP contribution in [0.4, 0.5) is 4.39 Å². The molecular formula is C14H10BrCl2F. The van der Waals surface area contributed by atoms with Gasteiger partial charge in [0.15, 0.2) is 0 Å². The highest BCUT2D eigenvalue weighted by Crippen LogP contribution is 2.32. The summed E-state index contributed by atoms with van der Waals surface area (Å²) in [6, 6.07) is 12.0. The van der Waals surface area contributed by atoms with Crippen molar-refractivity contribution >= 4 is 39.1 Å². The minimum atomic E-state index is -0.271. The molecule has 0 aliphatic rings. The molecule has 0 saturated carbocycles. The molecule has 1 atom stereocenters. The number of rotatable bonds is 3. The number of hydrogen-bond acceptors (Lipinski definition) is 0. The molecule has 0 bridgehead atoms. The lowest BCUT2D eigenvalue weighted by Crippen LogP contribution is -1.97. The molecule has 0 amide bonds. The second-order valence-corrected chi connectivity index (χ2v) is 5.82. The Morgan fingerprint density at radius 3 is 2.61 bits per heavy atom. The van der Waals surface area contributed by atoms with Crippen LogP contribution in [0.15, 0.2) is 46.9 Å². The zero-order valence-corrected chi connectivity index (χ0v) is 12.4. The van der Waals surface area contributed by atoms with Crippen LogP contribution in [0, 0.1) is 5.82 Å². The third kappa shape index (κ3) is 3.47. The summed E-state index contributed by atoms with van der Waals surface area (Å²) in [6.07, 6.45) is 0.542. The predicted octanol–water partition coefficient (Wildman–Crippen LogP) is 5.76. The lowest BCUT2D eigenvalue weighted by Gasteiger charge is -2.12. The normalized spacial score (nSPS) is 12.4. The SMILES string of the molecule is Fc1cccc(CC(Cl)c2ccc(Br)cc2Cl)c1. The zero-order valence-electron chi connectivity index (χ0n) is 9.34. The first-order chi connectivity index (χ1) is 8.56. The van der Waals surface area contributed by atoms with E-state index in [2.05, 4.69) is 15.9 Å². The van der Waals surface area contributed by atoms with Crippen molar-refractivity contribution in [2.75, 3.05) is 0 Å². The maximum absolute atomic E-state index is 13.1. The third-order valence-corrected chi connectivity index (χ3v) is 3.81. The van der Waals surface area contributed by atoms with Crippen LogP contribution < -0.4 is 0 Å². The third-order valence-electron chi connectivity index (χ3n) is 2.60. The number of alkyl halides is 1. The van der Waals surface area contributed by atoms with E-state index in [1.54, 1.807) is 12.1 Å². The van der Waals surface area contributed by atoms with Crippen LogP contribution in [-0.4, -0.2) is 0 Å². The molecule has 0 aliphatic carbocycles. The smallest absolute Gasteiger partial charge is 0.123 e. The molecule has 1 unspecified atom stereocenters. The first-order valence-corrected chi connectivity index (χ1v) is 7.00. The van der Waals surface area contributed by atoms with Gasteiger partial charge in [-0.2, -0.15) is 0 Å². The van der Waals surface area contributed by atoms with Crippen molar-refractivity contribution < 1.29 is 4.39 Å². The van der Waals surface area contributed by atoms with E-state index in [0.29, 0.717) is 11.4 Å². The van der Waals surface area contributed by atoms with Crippen LogP contribution >= 0.6 is 39.1 Å². The minimum absolute atomic E-state index is 0.252. The molecule has 2 rings (SSSR count). The molecule has 0 aliphatic heterocycles. The van der Waals surface area contributed by atoms with Gasteiger partial charge in [-0.05, 0) is 41.8 Å². The Hall–Kier alpha value is -0.570. The van der Waals surface area contributed by atoms with E-state index in [1.807, 2.05) is 18.2 Å². The maximum atomic E-state index is 13.1. The van der Waals surface area contributed by atoms with Gasteiger partial charge in [0.25, 0.3) is 0 Å². The summed E-state index contributed by atoms with van der Waals surface area (Å²) in [6.45, 7) is 0. The molecule has 0 heterocycles.